The molecule has 0 saturated heterocycles. The normalized spacial score (nSPS) is 23.4. The molecule has 0 saturated carbocycles. The first-order valence-corrected chi connectivity index (χ1v) is 12.9. The minimum atomic E-state index is -0.725. The molecule has 0 fully saturated rings. The molecule has 8 N–H and O–H groups in total. The Morgan fingerprint density at radius 1 is 0.971 bits per heavy atom. The highest BCUT2D eigenvalue weighted by atomic mass is 16.2. The highest BCUT2D eigenvalue weighted by Crippen LogP contribution is 2.07. The number of aromatic nitrogens is 3. The summed E-state index contributed by atoms with van der Waals surface area (Å²) >= 11 is 0. The highest BCUT2D eigenvalue weighted by Gasteiger charge is 2.26. The van der Waals surface area contributed by atoms with E-state index < -0.39 is 18.1 Å². The van der Waals surface area contributed by atoms with Gasteiger partial charge in [-0.15, -0.1) is 5.10 Å². The molecule has 35 heavy (non-hydrogen) atoms. The van der Waals surface area contributed by atoms with E-state index in [0.717, 1.165) is 50.6 Å². The van der Waals surface area contributed by atoms with Crippen molar-refractivity contribution in [2.45, 2.75) is 89.0 Å². The van der Waals surface area contributed by atoms with Crippen molar-refractivity contribution >= 4 is 18.1 Å². The Morgan fingerprint density at radius 3 is 2.40 bits per heavy atom. The van der Waals surface area contributed by atoms with Crippen molar-refractivity contribution < 1.29 is 14.4 Å². The van der Waals surface area contributed by atoms with Gasteiger partial charge in [0.25, 0.3) is 0 Å². The molecule has 12 heteroatoms. The van der Waals surface area contributed by atoms with Crippen molar-refractivity contribution in [1.82, 2.24) is 36.3 Å². The molecule has 0 aliphatic carbocycles. The van der Waals surface area contributed by atoms with Crippen molar-refractivity contribution in [1.29, 1.82) is 0 Å². The van der Waals surface area contributed by atoms with Gasteiger partial charge < -0.3 is 37.5 Å². The van der Waals surface area contributed by atoms with Gasteiger partial charge in [0.2, 0.25) is 11.8 Å². The van der Waals surface area contributed by atoms with Gasteiger partial charge in [0, 0.05) is 19.3 Å². The quantitative estimate of drug-likeness (QED) is 0.184. The molecule has 1 aliphatic heterocycles. The summed E-state index contributed by atoms with van der Waals surface area (Å²) in [7, 11) is 0. The van der Waals surface area contributed by atoms with Gasteiger partial charge in [0.1, 0.15) is 12.3 Å². The molecule has 1 aromatic heterocycles. The molecule has 0 spiro atoms. The maximum absolute atomic E-state index is 13.2. The van der Waals surface area contributed by atoms with Gasteiger partial charge in [0.15, 0.2) is 0 Å². The highest BCUT2D eigenvalue weighted by molar-refractivity contribution is 5.90. The van der Waals surface area contributed by atoms with E-state index in [-0.39, 0.29) is 11.8 Å². The molecule has 0 radical (unpaired) electrons. The van der Waals surface area contributed by atoms with Crippen LogP contribution in [0, 0.1) is 0 Å². The lowest BCUT2D eigenvalue weighted by Gasteiger charge is -2.24. The van der Waals surface area contributed by atoms with Gasteiger partial charge in [-0.2, -0.15) is 0 Å². The average molecular weight is 494 g/mol. The minimum absolute atomic E-state index is 0.237. The summed E-state index contributed by atoms with van der Waals surface area (Å²) in [6.45, 7) is 3.54. The van der Waals surface area contributed by atoms with Gasteiger partial charge >= 0.3 is 0 Å². The van der Waals surface area contributed by atoms with E-state index in [1.54, 1.807) is 4.68 Å². The van der Waals surface area contributed by atoms with Crippen LogP contribution < -0.4 is 32.7 Å². The number of nitrogens with two attached hydrogens (primary N) is 2. The first kappa shape index (κ1) is 28.8. The van der Waals surface area contributed by atoms with Crippen LogP contribution in [-0.2, 0) is 27.5 Å². The van der Waals surface area contributed by atoms with Gasteiger partial charge in [0.05, 0.1) is 24.3 Å². The third-order valence-electron chi connectivity index (χ3n) is 6.08. The molecule has 2 rings (SSSR count). The van der Waals surface area contributed by atoms with E-state index in [2.05, 4.69) is 31.6 Å². The van der Waals surface area contributed by atoms with Crippen molar-refractivity contribution in [3.05, 3.63) is 11.9 Å². The van der Waals surface area contributed by atoms with Gasteiger partial charge in [-0.3, -0.25) is 14.3 Å². The number of aldehydes is 1. The summed E-state index contributed by atoms with van der Waals surface area (Å²) < 4.78 is 1.75. The zero-order valence-corrected chi connectivity index (χ0v) is 20.7. The fraction of sp³-hybridized carbons (Fsp3) is 0.783. The van der Waals surface area contributed by atoms with E-state index >= 15 is 0 Å². The number of carbonyl (C=O) groups is 3. The predicted octanol–water partition coefficient (Wildman–Crippen LogP) is -1.06. The first-order valence-electron chi connectivity index (χ1n) is 12.9. The molecule has 0 aromatic carbocycles. The van der Waals surface area contributed by atoms with Gasteiger partial charge in [-0.25, -0.2) is 0 Å². The second kappa shape index (κ2) is 17.1. The number of carbonyl (C=O) groups excluding carboxylic acids is 3. The van der Waals surface area contributed by atoms with Crippen molar-refractivity contribution in [2.24, 2.45) is 11.5 Å². The lowest BCUT2D eigenvalue weighted by atomic mass is 10.0. The first-order chi connectivity index (χ1) is 17.1. The molecule has 1 aliphatic rings. The Labute approximate surface area is 207 Å². The predicted molar refractivity (Wildman–Crippen MR) is 133 cm³/mol. The van der Waals surface area contributed by atoms with Crippen LogP contribution in [0.25, 0.3) is 0 Å². The summed E-state index contributed by atoms with van der Waals surface area (Å²) in [6, 6.07) is -1.78. The summed E-state index contributed by atoms with van der Waals surface area (Å²) in [5.74, 6) is -0.571. The molecule has 2 amide bonds. The smallest absolute Gasteiger partial charge is 0.243 e. The van der Waals surface area contributed by atoms with Crippen LogP contribution in [0.5, 0.6) is 0 Å². The Morgan fingerprint density at radius 2 is 1.69 bits per heavy atom. The van der Waals surface area contributed by atoms with E-state index in [1.165, 1.54) is 0 Å². The Bertz CT molecular complexity index is 758. The second-order valence-electron chi connectivity index (χ2n) is 9.03. The summed E-state index contributed by atoms with van der Waals surface area (Å²) in [6.07, 6.45) is 8.95. The number of rotatable bonds is 9. The molecule has 12 nitrogen and oxygen atoms in total. The topological polar surface area (TPSA) is 182 Å². The third-order valence-corrected chi connectivity index (χ3v) is 6.08. The number of amides is 2. The van der Waals surface area contributed by atoms with E-state index in [0.29, 0.717) is 58.4 Å². The Balaban J connectivity index is 2.14. The summed E-state index contributed by atoms with van der Waals surface area (Å²) in [5.41, 5.74) is 12.1. The summed E-state index contributed by atoms with van der Waals surface area (Å²) in [4.78, 5) is 37.8. The number of nitrogens with one attached hydrogen (secondary N) is 4. The van der Waals surface area contributed by atoms with Crippen LogP contribution in [0.2, 0.25) is 0 Å². The standard InChI is InChI=1S/C23H43N9O3/c24-10-4-1-8-20-22(34)29-21(9-2-5-11-25)23(35)28-18(17-33)7-3-6-12-26-15-19-16-32(31-30-19)14-13-27-20/h16-18,20-21,26-27H,1-15,24-25H2,(H,28,35)(H,29,34)/t18-,20-,21-/m0/s1. The fourth-order valence-corrected chi connectivity index (χ4v) is 4.02. The molecule has 2 bridgehead atoms. The molecule has 198 valence electrons. The number of hydrogen-bond acceptors (Lipinski definition) is 9. The number of nitrogens with zero attached hydrogens (tertiary/aromatic N) is 3. The zero-order valence-electron chi connectivity index (χ0n) is 20.7. The number of hydrogen-bond donors (Lipinski definition) is 6. The lowest BCUT2D eigenvalue weighted by Crippen LogP contribution is -2.54. The maximum atomic E-state index is 13.2. The Kier molecular flexibility index (Phi) is 14.1. The largest absolute Gasteiger partial charge is 0.345 e. The van der Waals surface area contributed by atoms with Crippen molar-refractivity contribution in [2.75, 3.05) is 26.2 Å². The number of fused-ring (bicyclic) bond motifs is 2. The van der Waals surface area contributed by atoms with Crippen molar-refractivity contribution in [3.63, 3.8) is 0 Å². The van der Waals surface area contributed by atoms with Crippen molar-refractivity contribution in [3.8, 4) is 0 Å². The van der Waals surface area contributed by atoms with Crippen LogP contribution >= 0.6 is 0 Å². The minimum Gasteiger partial charge on any atom is -0.345 e. The van der Waals surface area contributed by atoms with Crippen LogP contribution in [0.1, 0.15) is 63.5 Å². The SMILES string of the molecule is NCCCC[C@@H]1NCCn2cc(nn2)CNCCCC[C@@H](C=O)NC(=O)[C@H](CCCCN)NC1=O. The maximum Gasteiger partial charge on any atom is 0.243 e. The number of unbranched alkanes of at least 4 members (excludes halogenated alkanes) is 2. The van der Waals surface area contributed by atoms with Crippen LogP contribution in [0.15, 0.2) is 6.20 Å². The molecule has 3 atom stereocenters. The molecule has 2 heterocycles. The molecular weight excluding hydrogens is 450 g/mol. The van der Waals surface area contributed by atoms with Crippen LogP contribution in [-0.4, -0.2) is 77.4 Å². The third kappa shape index (κ3) is 11.2. The molecule has 1 aromatic rings. The molecule has 0 unspecified atom stereocenters. The second-order valence-corrected chi connectivity index (χ2v) is 9.03. The average Bonchev–Trinajstić information content (AvgIpc) is 3.30. The molecular formula is C23H43N9O3. The van der Waals surface area contributed by atoms with E-state index in [1.807, 2.05) is 6.20 Å². The fourth-order valence-electron chi connectivity index (χ4n) is 4.02. The lowest BCUT2D eigenvalue weighted by molar-refractivity contribution is -0.131. The van der Waals surface area contributed by atoms with E-state index in [9.17, 15) is 14.4 Å². The van der Waals surface area contributed by atoms with Crippen LogP contribution in [0.3, 0.4) is 0 Å². The Hall–Kier alpha value is -2.41. The summed E-state index contributed by atoms with van der Waals surface area (Å²) in [5, 5.41) is 20.7. The van der Waals surface area contributed by atoms with E-state index in [4.69, 9.17) is 11.5 Å². The van der Waals surface area contributed by atoms with Crippen LogP contribution in [0.4, 0.5) is 0 Å². The monoisotopic (exact) mass is 493 g/mol. The van der Waals surface area contributed by atoms with Gasteiger partial charge in [-0.05, 0) is 71.0 Å². The zero-order chi connectivity index (χ0) is 25.3. The van der Waals surface area contributed by atoms with Gasteiger partial charge in [-0.1, -0.05) is 11.6 Å².